The number of sulfonamides is 1. The first-order valence-corrected chi connectivity index (χ1v) is 7.94. The SMILES string of the molecule is Nc1ccc(S(N)(=O)=O)cc1Nc1cccc(I)c1. The Labute approximate surface area is 125 Å². The smallest absolute Gasteiger partial charge is 0.238 e. The van der Waals surface area contributed by atoms with Crippen LogP contribution < -0.4 is 16.2 Å². The summed E-state index contributed by atoms with van der Waals surface area (Å²) in [5, 5.41) is 8.17. The number of benzene rings is 2. The molecule has 0 aliphatic heterocycles. The van der Waals surface area contributed by atoms with Gasteiger partial charge in [0.1, 0.15) is 0 Å². The summed E-state index contributed by atoms with van der Waals surface area (Å²) in [6.45, 7) is 0. The highest BCUT2D eigenvalue weighted by atomic mass is 127. The fourth-order valence-electron chi connectivity index (χ4n) is 1.54. The van der Waals surface area contributed by atoms with Gasteiger partial charge in [-0.3, -0.25) is 0 Å². The molecule has 0 aromatic heterocycles. The number of rotatable bonds is 3. The van der Waals surface area contributed by atoms with E-state index in [-0.39, 0.29) is 4.90 Å². The van der Waals surface area contributed by atoms with Gasteiger partial charge in [0.2, 0.25) is 10.0 Å². The van der Waals surface area contributed by atoms with Gasteiger partial charge in [0.05, 0.1) is 16.3 Å². The summed E-state index contributed by atoms with van der Waals surface area (Å²) in [5.41, 5.74) is 7.60. The van der Waals surface area contributed by atoms with E-state index in [2.05, 4.69) is 27.9 Å². The molecule has 0 aliphatic carbocycles. The lowest BCUT2D eigenvalue weighted by Gasteiger charge is -2.11. The topological polar surface area (TPSA) is 98.2 Å². The maximum atomic E-state index is 11.3. The molecule has 2 aromatic rings. The Morgan fingerprint density at radius 2 is 1.84 bits per heavy atom. The number of primary sulfonamides is 1. The fraction of sp³-hybridized carbons (Fsp3) is 0. The molecule has 0 fully saturated rings. The van der Waals surface area contributed by atoms with E-state index < -0.39 is 10.0 Å². The van der Waals surface area contributed by atoms with Crippen molar-refractivity contribution in [2.24, 2.45) is 5.14 Å². The Morgan fingerprint density at radius 3 is 2.47 bits per heavy atom. The molecule has 100 valence electrons. The molecule has 0 atom stereocenters. The van der Waals surface area contributed by atoms with Crippen LogP contribution in [0.5, 0.6) is 0 Å². The number of hydrogen-bond acceptors (Lipinski definition) is 4. The third-order valence-electron chi connectivity index (χ3n) is 2.46. The Hall–Kier alpha value is -1.32. The first-order chi connectivity index (χ1) is 8.86. The largest absolute Gasteiger partial charge is 0.397 e. The van der Waals surface area contributed by atoms with Crippen molar-refractivity contribution < 1.29 is 8.42 Å². The van der Waals surface area contributed by atoms with Crippen LogP contribution in [0.1, 0.15) is 0 Å². The minimum atomic E-state index is -3.74. The zero-order valence-electron chi connectivity index (χ0n) is 9.80. The highest BCUT2D eigenvalue weighted by Crippen LogP contribution is 2.26. The molecule has 0 radical (unpaired) electrons. The zero-order valence-corrected chi connectivity index (χ0v) is 12.8. The number of hydrogen-bond donors (Lipinski definition) is 3. The molecular formula is C12H12IN3O2S. The lowest BCUT2D eigenvalue weighted by molar-refractivity contribution is 0.598. The zero-order chi connectivity index (χ0) is 14.0. The molecule has 0 unspecified atom stereocenters. The maximum absolute atomic E-state index is 11.3. The minimum absolute atomic E-state index is 0.0230. The van der Waals surface area contributed by atoms with E-state index in [0.717, 1.165) is 9.26 Å². The van der Waals surface area contributed by atoms with E-state index in [9.17, 15) is 8.42 Å². The summed E-state index contributed by atoms with van der Waals surface area (Å²) in [6.07, 6.45) is 0. The number of nitrogen functional groups attached to an aromatic ring is 1. The second-order valence-corrected chi connectivity index (χ2v) is 6.74. The van der Waals surface area contributed by atoms with E-state index in [1.807, 2.05) is 24.3 Å². The van der Waals surface area contributed by atoms with E-state index in [0.29, 0.717) is 11.4 Å². The molecule has 2 rings (SSSR count). The average Bonchev–Trinajstić information content (AvgIpc) is 2.30. The summed E-state index contributed by atoms with van der Waals surface area (Å²) in [6, 6.07) is 11.9. The summed E-state index contributed by atoms with van der Waals surface area (Å²) in [7, 11) is -3.74. The van der Waals surface area contributed by atoms with Crippen molar-refractivity contribution in [2.45, 2.75) is 4.90 Å². The highest BCUT2D eigenvalue weighted by Gasteiger charge is 2.10. The molecule has 0 aliphatic rings. The number of nitrogens with two attached hydrogens (primary N) is 2. The molecule has 7 heteroatoms. The quantitative estimate of drug-likeness (QED) is 0.554. The van der Waals surface area contributed by atoms with Gasteiger partial charge in [-0.05, 0) is 59.0 Å². The van der Waals surface area contributed by atoms with Gasteiger partial charge in [0, 0.05) is 9.26 Å². The van der Waals surface area contributed by atoms with Crippen LogP contribution in [-0.2, 0) is 10.0 Å². The van der Waals surface area contributed by atoms with Crippen LogP contribution in [-0.4, -0.2) is 8.42 Å². The standard InChI is InChI=1S/C12H12IN3O2S/c13-8-2-1-3-9(6-8)16-12-7-10(19(15,17)18)4-5-11(12)14/h1-7,16H,14H2,(H2,15,17,18). The summed E-state index contributed by atoms with van der Waals surface area (Å²) >= 11 is 2.19. The first kappa shape index (κ1) is 14.1. The van der Waals surface area contributed by atoms with Gasteiger partial charge in [-0.1, -0.05) is 6.07 Å². The van der Waals surface area contributed by atoms with Crippen LogP contribution in [0.4, 0.5) is 17.1 Å². The first-order valence-electron chi connectivity index (χ1n) is 5.31. The number of halogens is 1. The second kappa shape index (κ2) is 5.35. The Kier molecular flexibility index (Phi) is 3.97. The van der Waals surface area contributed by atoms with Crippen LogP contribution in [0.3, 0.4) is 0 Å². The van der Waals surface area contributed by atoms with Gasteiger partial charge in [-0.2, -0.15) is 0 Å². The van der Waals surface area contributed by atoms with Gasteiger partial charge in [0.25, 0.3) is 0 Å². The molecular weight excluding hydrogens is 377 g/mol. The van der Waals surface area contributed by atoms with Crippen LogP contribution in [0.2, 0.25) is 0 Å². The third-order valence-corrected chi connectivity index (χ3v) is 4.04. The lowest BCUT2D eigenvalue weighted by atomic mass is 10.2. The molecule has 0 spiro atoms. The summed E-state index contributed by atoms with van der Waals surface area (Å²) in [4.78, 5) is 0.0230. The molecule has 0 amide bonds. The predicted molar refractivity (Wildman–Crippen MR) is 84.7 cm³/mol. The van der Waals surface area contributed by atoms with Crippen LogP contribution in [0, 0.1) is 3.57 Å². The van der Waals surface area contributed by atoms with Crippen molar-refractivity contribution >= 4 is 49.7 Å². The maximum Gasteiger partial charge on any atom is 0.238 e. The van der Waals surface area contributed by atoms with Crippen molar-refractivity contribution in [3.05, 3.63) is 46.0 Å². The van der Waals surface area contributed by atoms with Gasteiger partial charge >= 0.3 is 0 Å². The van der Waals surface area contributed by atoms with Gasteiger partial charge in [-0.15, -0.1) is 0 Å². The van der Waals surface area contributed by atoms with Crippen LogP contribution in [0.25, 0.3) is 0 Å². The van der Waals surface area contributed by atoms with E-state index in [4.69, 9.17) is 10.9 Å². The molecule has 19 heavy (non-hydrogen) atoms. The van der Waals surface area contributed by atoms with Crippen molar-refractivity contribution in [1.82, 2.24) is 0 Å². The number of anilines is 3. The molecule has 5 nitrogen and oxygen atoms in total. The van der Waals surface area contributed by atoms with Gasteiger partial charge in [0.15, 0.2) is 0 Å². The predicted octanol–water partition coefficient (Wildman–Crippen LogP) is 2.26. The minimum Gasteiger partial charge on any atom is -0.397 e. The fourth-order valence-corrected chi connectivity index (χ4v) is 2.63. The normalized spacial score (nSPS) is 11.3. The summed E-state index contributed by atoms with van der Waals surface area (Å²) < 4.78 is 23.7. The molecule has 0 bridgehead atoms. The van der Waals surface area contributed by atoms with Crippen molar-refractivity contribution in [3.63, 3.8) is 0 Å². The molecule has 5 N–H and O–H groups in total. The van der Waals surface area contributed by atoms with Crippen molar-refractivity contribution in [2.75, 3.05) is 11.1 Å². The van der Waals surface area contributed by atoms with E-state index in [1.165, 1.54) is 18.2 Å². The number of nitrogens with one attached hydrogen (secondary N) is 1. The van der Waals surface area contributed by atoms with Crippen molar-refractivity contribution in [3.8, 4) is 0 Å². The van der Waals surface area contributed by atoms with Gasteiger partial charge in [-0.25, -0.2) is 13.6 Å². The van der Waals surface area contributed by atoms with E-state index in [1.54, 1.807) is 0 Å². The summed E-state index contributed by atoms with van der Waals surface area (Å²) in [5.74, 6) is 0. The Balaban J connectivity index is 2.40. The third kappa shape index (κ3) is 3.58. The van der Waals surface area contributed by atoms with Gasteiger partial charge < -0.3 is 11.1 Å². The monoisotopic (exact) mass is 389 g/mol. The lowest BCUT2D eigenvalue weighted by Crippen LogP contribution is -2.12. The van der Waals surface area contributed by atoms with Crippen LogP contribution >= 0.6 is 22.6 Å². The molecule has 0 saturated carbocycles. The molecule has 0 saturated heterocycles. The highest BCUT2D eigenvalue weighted by molar-refractivity contribution is 14.1. The Bertz CT molecular complexity index is 717. The average molecular weight is 389 g/mol. The second-order valence-electron chi connectivity index (χ2n) is 3.93. The molecule has 0 heterocycles. The van der Waals surface area contributed by atoms with Crippen molar-refractivity contribution in [1.29, 1.82) is 0 Å². The van der Waals surface area contributed by atoms with E-state index >= 15 is 0 Å². The Morgan fingerprint density at radius 1 is 1.11 bits per heavy atom. The molecule has 2 aromatic carbocycles. The van der Waals surface area contributed by atoms with Crippen LogP contribution in [0.15, 0.2) is 47.4 Å².